The second-order valence-corrected chi connectivity index (χ2v) is 5.45. The second-order valence-electron chi connectivity index (χ2n) is 3.80. The van der Waals surface area contributed by atoms with Crippen molar-refractivity contribution in [3.63, 3.8) is 0 Å². The fraction of sp³-hybridized carbons (Fsp3) is 0.538. The smallest absolute Gasteiger partial charge is 0.180 e. The summed E-state index contributed by atoms with van der Waals surface area (Å²) in [4.78, 5) is 24.1. The van der Waals surface area contributed by atoms with E-state index in [1.807, 2.05) is 19.9 Å². The van der Waals surface area contributed by atoms with Crippen molar-refractivity contribution in [2.45, 2.75) is 40.0 Å². The zero-order chi connectivity index (χ0) is 14.1. The number of allylic oxidation sites excluding steroid dienone is 3. The van der Waals surface area contributed by atoms with Crippen LogP contribution in [0.15, 0.2) is 21.6 Å². The number of ketones is 2. The Balaban J connectivity index is 5.21. The molecule has 0 saturated heterocycles. The lowest BCUT2D eigenvalue weighted by Crippen LogP contribution is -2.10. The normalized spacial score (nSPS) is 13.2. The number of carbonyl (C=O) groups excluding carboxylic acids is 2. The predicted molar refractivity (Wildman–Crippen MR) is 81.6 cm³/mol. The SMILES string of the molecule is CC/C=C(\N)S/C(C(=O)CBr)=C(\C)C(=O)CCC. The first-order chi connectivity index (χ1) is 8.47. The van der Waals surface area contributed by atoms with E-state index < -0.39 is 0 Å². The number of hydrogen-bond acceptors (Lipinski definition) is 4. The van der Waals surface area contributed by atoms with Crippen LogP contribution in [0.1, 0.15) is 40.0 Å². The molecule has 0 saturated carbocycles. The molecule has 0 bridgehead atoms. The maximum Gasteiger partial charge on any atom is 0.180 e. The van der Waals surface area contributed by atoms with E-state index in [2.05, 4.69) is 15.9 Å². The van der Waals surface area contributed by atoms with Crippen molar-refractivity contribution in [3.8, 4) is 0 Å². The van der Waals surface area contributed by atoms with Crippen molar-refractivity contribution in [1.82, 2.24) is 0 Å². The molecule has 0 aromatic carbocycles. The van der Waals surface area contributed by atoms with Gasteiger partial charge in [-0.05, 0) is 19.8 Å². The number of Topliss-reactive ketones (excluding diaryl/α,β-unsaturated/α-hetero) is 2. The molecule has 0 aliphatic carbocycles. The molecule has 102 valence electrons. The summed E-state index contributed by atoms with van der Waals surface area (Å²) in [6, 6.07) is 0. The Morgan fingerprint density at radius 3 is 2.33 bits per heavy atom. The van der Waals surface area contributed by atoms with Crippen LogP contribution in [0.25, 0.3) is 0 Å². The highest BCUT2D eigenvalue weighted by atomic mass is 79.9. The molecule has 0 spiro atoms. The number of alkyl halides is 1. The Morgan fingerprint density at radius 2 is 1.89 bits per heavy atom. The van der Waals surface area contributed by atoms with Gasteiger partial charge in [0.15, 0.2) is 11.6 Å². The van der Waals surface area contributed by atoms with Gasteiger partial charge >= 0.3 is 0 Å². The molecule has 0 atom stereocenters. The Bertz CT molecular complexity index is 375. The first-order valence-electron chi connectivity index (χ1n) is 5.94. The van der Waals surface area contributed by atoms with Crippen LogP contribution in [0.3, 0.4) is 0 Å². The highest BCUT2D eigenvalue weighted by molar-refractivity contribution is 9.09. The van der Waals surface area contributed by atoms with Gasteiger partial charge in [0, 0.05) is 12.0 Å². The van der Waals surface area contributed by atoms with Gasteiger partial charge < -0.3 is 5.73 Å². The van der Waals surface area contributed by atoms with Crippen LogP contribution in [0, 0.1) is 0 Å². The van der Waals surface area contributed by atoms with Gasteiger partial charge in [-0.25, -0.2) is 0 Å². The van der Waals surface area contributed by atoms with Gasteiger partial charge in [-0.3, -0.25) is 9.59 Å². The summed E-state index contributed by atoms with van der Waals surface area (Å²) in [6.07, 6.45) is 3.88. The summed E-state index contributed by atoms with van der Waals surface area (Å²) in [7, 11) is 0. The Hall–Kier alpha value is -0.550. The Kier molecular flexibility index (Phi) is 9.10. The maximum atomic E-state index is 11.8. The number of hydrogen-bond donors (Lipinski definition) is 1. The lowest BCUT2D eigenvalue weighted by atomic mass is 10.1. The minimum atomic E-state index is -0.102. The summed E-state index contributed by atoms with van der Waals surface area (Å²) in [6.45, 7) is 5.61. The van der Waals surface area contributed by atoms with Gasteiger partial charge in [0.1, 0.15) is 0 Å². The van der Waals surface area contributed by atoms with E-state index in [1.54, 1.807) is 6.92 Å². The van der Waals surface area contributed by atoms with Gasteiger partial charge in [-0.2, -0.15) is 0 Å². The predicted octanol–water partition coefficient (Wildman–Crippen LogP) is 3.54. The highest BCUT2D eigenvalue weighted by Gasteiger charge is 2.17. The van der Waals surface area contributed by atoms with Gasteiger partial charge in [-0.1, -0.05) is 47.6 Å². The second kappa shape index (κ2) is 9.39. The summed E-state index contributed by atoms with van der Waals surface area (Å²) in [5, 5.41) is 0.760. The maximum absolute atomic E-state index is 11.8. The van der Waals surface area contributed by atoms with E-state index in [0.717, 1.165) is 12.8 Å². The third-order valence-corrected chi connectivity index (χ3v) is 3.89. The molecule has 0 rings (SSSR count). The van der Waals surface area contributed by atoms with Gasteiger partial charge in [0.05, 0.1) is 15.3 Å². The highest BCUT2D eigenvalue weighted by Crippen LogP contribution is 2.27. The van der Waals surface area contributed by atoms with Crippen molar-refractivity contribution >= 4 is 39.3 Å². The monoisotopic (exact) mass is 333 g/mol. The average Bonchev–Trinajstić information content (AvgIpc) is 2.34. The van der Waals surface area contributed by atoms with Gasteiger partial charge in [0.2, 0.25) is 0 Å². The fourth-order valence-corrected chi connectivity index (χ4v) is 2.71. The molecule has 2 N–H and O–H groups in total. The third-order valence-electron chi connectivity index (χ3n) is 2.24. The zero-order valence-corrected chi connectivity index (χ0v) is 13.5. The lowest BCUT2D eigenvalue weighted by molar-refractivity contribution is -0.116. The molecule has 0 aliphatic heterocycles. The molecular formula is C13H20BrNO2S. The Morgan fingerprint density at radius 1 is 1.28 bits per heavy atom. The number of thioether (sulfide) groups is 1. The van der Waals surface area contributed by atoms with E-state index in [1.165, 1.54) is 11.8 Å². The fourth-order valence-electron chi connectivity index (χ4n) is 1.31. The van der Waals surface area contributed by atoms with Gasteiger partial charge in [0.25, 0.3) is 0 Å². The number of nitrogens with two attached hydrogens (primary N) is 1. The van der Waals surface area contributed by atoms with Crippen molar-refractivity contribution in [2.24, 2.45) is 5.73 Å². The molecule has 0 heterocycles. The van der Waals surface area contributed by atoms with E-state index >= 15 is 0 Å². The summed E-state index contributed by atoms with van der Waals surface area (Å²) in [5.74, 6) is -0.0898. The molecule has 0 unspecified atom stereocenters. The van der Waals surface area contributed by atoms with E-state index in [-0.39, 0.29) is 16.9 Å². The van der Waals surface area contributed by atoms with Crippen LogP contribution in [0.2, 0.25) is 0 Å². The first kappa shape index (κ1) is 17.4. The molecule has 18 heavy (non-hydrogen) atoms. The van der Waals surface area contributed by atoms with Crippen LogP contribution in [0.5, 0.6) is 0 Å². The molecule has 0 fully saturated rings. The molecular weight excluding hydrogens is 314 g/mol. The number of rotatable bonds is 8. The molecule has 3 nitrogen and oxygen atoms in total. The molecule has 0 aromatic heterocycles. The minimum Gasteiger partial charge on any atom is -0.394 e. The topological polar surface area (TPSA) is 60.2 Å². The quantitative estimate of drug-likeness (QED) is 0.545. The minimum absolute atomic E-state index is 0.0126. The van der Waals surface area contributed by atoms with Crippen LogP contribution in [-0.4, -0.2) is 16.9 Å². The average molecular weight is 334 g/mol. The van der Waals surface area contributed by atoms with Crippen LogP contribution in [0.4, 0.5) is 0 Å². The zero-order valence-electron chi connectivity index (χ0n) is 11.1. The first-order valence-corrected chi connectivity index (χ1v) is 7.88. The molecule has 5 heteroatoms. The molecule has 0 amide bonds. The van der Waals surface area contributed by atoms with E-state index in [0.29, 0.717) is 21.9 Å². The van der Waals surface area contributed by atoms with Gasteiger partial charge in [-0.15, -0.1) is 0 Å². The largest absolute Gasteiger partial charge is 0.394 e. The standard InChI is InChI=1S/C13H20BrNO2S/c1-4-6-10(16)9(3)13(11(17)8-14)18-12(15)7-5-2/h7H,4-6,8,15H2,1-3H3/b12-7+,13-9+. The summed E-state index contributed by atoms with van der Waals surface area (Å²) in [5.41, 5.74) is 6.31. The van der Waals surface area contributed by atoms with E-state index in [9.17, 15) is 9.59 Å². The van der Waals surface area contributed by atoms with Crippen molar-refractivity contribution in [2.75, 3.05) is 5.33 Å². The van der Waals surface area contributed by atoms with Crippen LogP contribution >= 0.6 is 27.7 Å². The van der Waals surface area contributed by atoms with Crippen LogP contribution in [-0.2, 0) is 9.59 Å². The van der Waals surface area contributed by atoms with Crippen molar-refractivity contribution < 1.29 is 9.59 Å². The Labute approximate surface area is 121 Å². The lowest BCUT2D eigenvalue weighted by Gasteiger charge is -2.09. The van der Waals surface area contributed by atoms with Crippen LogP contribution < -0.4 is 5.73 Å². The molecule has 0 aliphatic rings. The van der Waals surface area contributed by atoms with Crippen molar-refractivity contribution in [1.29, 1.82) is 0 Å². The van der Waals surface area contributed by atoms with Crippen molar-refractivity contribution in [3.05, 3.63) is 21.6 Å². The van der Waals surface area contributed by atoms with E-state index in [4.69, 9.17) is 5.73 Å². The number of carbonyl (C=O) groups is 2. The third kappa shape index (κ3) is 5.87. The molecule has 0 radical (unpaired) electrons. The number of halogens is 1. The molecule has 0 aromatic rings. The summed E-state index contributed by atoms with van der Waals surface area (Å²) >= 11 is 4.31. The summed E-state index contributed by atoms with van der Waals surface area (Å²) < 4.78 is 0.